The molecule has 0 saturated carbocycles. The minimum absolute atomic E-state index is 0.154. The number of benzene rings is 1. The maximum absolute atomic E-state index is 13.0. The lowest BCUT2D eigenvalue weighted by Gasteiger charge is -2.26. The molecule has 3 rings (SSSR count). The summed E-state index contributed by atoms with van der Waals surface area (Å²) in [5, 5.41) is 8.98. The van der Waals surface area contributed by atoms with Crippen LogP contribution in [-0.4, -0.2) is 44.4 Å². The predicted molar refractivity (Wildman–Crippen MR) is 87.6 cm³/mol. The van der Waals surface area contributed by atoms with Gasteiger partial charge in [0.2, 0.25) is 5.91 Å². The van der Waals surface area contributed by atoms with E-state index in [4.69, 9.17) is 0 Å². The van der Waals surface area contributed by atoms with Crippen LogP contribution in [-0.2, 0) is 11.8 Å². The summed E-state index contributed by atoms with van der Waals surface area (Å²) < 4.78 is 14.8. The Labute approximate surface area is 138 Å². The zero-order valence-electron chi connectivity index (χ0n) is 13.0. The number of carbonyl (C=O) groups excluding carboxylic acids is 1. The number of hydrogen-bond donors (Lipinski definition) is 0. The SMILES string of the molecule is Cn1c(SCC(=O)N2CCCCC2)nnc1-c1ccc(F)cc1. The summed E-state index contributed by atoms with van der Waals surface area (Å²) >= 11 is 1.39. The standard InChI is InChI=1S/C16H19FN4OS/c1-20-15(12-5-7-13(17)8-6-12)18-19-16(20)23-11-14(22)21-9-3-2-4-10-21/h5-8H,2-4,9-11H2,1H3. The molecule has 0 radical (unpaired) electrons. The third-order valence-electron chi connectivity index (χ3n) is 3.97. The van der Waals surface area contributed by atoms with Crippen LogP contribution >= 0.6 is 11.8 Å². The number of nitrogens with zero attached hydrogens (tertiary/aromatic N) is 4. The summed E-state index contributed by atoms with van der Waals surface area (Å²) in [4.78, 5) is 14.1. The Morgan fingerprint density at radius 2 is 1.87 bits per heavy atom. The molecule has 1 aromatic carbocycles. The number of hydrogen-bond acceptors (Lipinski definition) is 4. The summed E-state index contributed by atoms with van der Waals surface area (Å²) in [5.74, 6) is 0.909. The predicted octanol–water partition coefficient (Wildman–Crippen LogP) is 2.73. The maximum atomic E-state index is 13.0. The molecule has 1 amide bonds. The van der Waals surface area contributed by atoms with Gasteiger partial charge in [0, 0.05) is 25.7 Å². The van der Waals surface area contributed by atoms with Gasteiger partial charge in [-0.25, -0.2) is 4.39 Å². The first kappa shape index (κ1) is 16.0. The van der Waals surface area contributed by atoms with Crippen molar-refractivity contribution in [3.05, 3.63) is 30.1 Å². The van der Waals surface area contributed by atoms with Gasteiger partial charge in [-0.15, -0.1) is 10.2 Å². The molecule has 0 spiro atoms. The molecule has 0 N–H and O–H groups in total. The van der Waals surface area contributed by atoms with E-state index in [1.165, 1.54) is 30.3 Å². The molecule has 0 aliphatic carbocycles. The summed E-state index contributed by atoms with van der Waals surface area (Å²) in [6, 6.07) is 6.15. The van der Waals surface area contributed by atoms with Crippen LogP contribution in [0.3, 0.4) is 0 Å². The number of thioether (sulfide) groups is 1. The van der Waals surface area contributed by atoms with Gasteiger partial charge in [0.05, 0.1) is 5.75 Å². The second-order valence-electron chi connectivity index (χ2n) is 5.60. The van der Waals surface area contributed by atoms with Gasteiger partial charge >= 0.3 is 0 Å². The molecule has 122 valence electrons. The molecule has 1 aliphatic heterocycles. The van der Waals surface area contributed by atoms with E-state index in [-0.39, 0.29) is 11.7 Å². The van der Waals surface area contributed by atoms with Crippen molar-refractivity contribution in [1.82, 2.24) is 19.7 Å². The molecule has 7 heteroatoms. The number of aromatic nitrogens is 3. The van der Waals surface area contributed by atoms with Gasteiger partial charge in [0.1, 0.15) is 5.82 Å². The van der Waals surface area contributed by atoms with Crippen LogP contribution in [0.1, 0.15) is 19.3 Å². The van der Waals surface area contributed by atoms with Crippen molar-refractivity contribution >= 4 is 17.7 Å². The molecule has 1 saturated heterocycles. The van der Waals surface area contributed by atoms with E-state index in [1.54, 1.807) is 12.1 Å². The second-order valence-corrected chi connectivity index (χ2v) is 6.54. The minimum atomic E-state index is -0.280. The average Bonchev–Trinajstić information content (AvgIpc) is 2.95. The molecule has 0 bridgehead atoms. The highest BCUT2D eigenvalue weighted by molar-refractivity contribution is 7.99. The van der Waals surface area contributed by atoms with Gasteiger partial charge in [0.25, 0.3) is 0 Å². The molecule has 0 atom stereocenters. The molecule has 2 aromatic rings. The molecule has 1 aliphatic rings. The van der Waals surface area contributed by atoms with Crippen molar-refractivity contribution in [1.29, 1.82) is 0 Å². The molecular weight excluding hydrogens is 315 g/mol. The maximum Gasteiger partial charge on any atom is 0.233 e. The number of halogens is 1. The summed E-state index contributed by atoms with van der Waals surface area (Å²) in [5.41, 5.74) is 0.801. The van der Waals surface area contributed by atoms with Gasteiger partial charge < -0.3 is 9.47 Å². The molecule has 5 nitrogen and oxygen atoms in total. The Hall–Kier alpha value is -1.89. The van der Waals surface area contributed by atoms with Crippen LogP contribution < -0.4 is 0 Å². The van der Waals surface area contributed by atoms with Crippen molar-refractivity contribution in [3.63, 3.8) is 0 Å². The smallest absolute Gasteiger partial charge is 0.233 e. The highest BCUT2D eigenvalue weighted by Crippen LogP contribution is 2.23. The van der Waals surface area contributed by atoms with Crippen molar-refractivity contribution < 1.29 is 9.18 Å². The van der Waals surface area contributed by atoms with Crippen LogP contribution in [0, 0.1) is 5.82 Å². The average molecular weight is 334 g/mol. The Morgan fingerprint density at radius 3 is 2.57 bits per heavy atom. The fourth-order valence-corrected chi connectivity index (χ4v) is 3.47. The Morgan fingerprint density at radius 1 is 1.17 bits per heavy atom. The topological polar surface area (TPSA) is 51.0 Å². The summed E-state index contributed by atoms with van der Waals surface area (Å²) in [6.07, 6.45) is 3.39. The number of carbonyl (C=O) groups is 1. The first-order valence-electron chi connectivity index (χ1n) is 7.71. The Bertz CT molecular complexity index is 680. The lowest BCUT2D eigenvalue weighted by atomic mass is 10.1. The van der Waals surface area contributed by atoms with E-state index in [2.05, 4.69) is 10.2 Å². The highest BCUT2D eigenvalue weighted by atomic mass is 32.2. The second kappa shape index (κ2) is 7.12. The largest absolute Gasteiger partial charge is 0.342 e. The zero-order valence-corrected chi connectivity index (χ0v) is 13.9. The third kappa shape index (κ3) is 3.72. The van der Waals surface area contributed by atoms with Crippen molar-refractivity contribution in [3.8, 4) is 11.4 Å². The van der Waals surface area contributed by atoms with Crippen molar-refractivity contribution in [2.45, 2.75) is 24.4 Å². The van der Waals surface area contributed by atoms with Gasteiger partial charge in [0.15, 0.2) is 11.0 Å². The summed E-state index contributed by atoms with van der Waals surface area (Å²) in [7, 11) is 1.85. The van der Waals surface area contributed by atoms with Crippen LogP contribution in [0.2, 0.25) is 0 Å². The monoisotopic (exact) mass is 334 g/mol. The van der Waals surface area contributed by atoms with Gasteiger partial charge in [-0.1, -0.05) is 11.8 Å². The van der Waals surface area contributed by atoms with E-state index in [0.29, 0.717) is 16.7 Å². The molecule has 1 fully saturated rings. The fraction of sp³-hybridized carbons (Fsp3) is 0.438. The lowest BCUT2D eigenvalue weighted by Crippen LogP contribution is -2.36. The van der Waals surface area contributed by atoms with E-state index in [0.717, 1.165) is 31.5 Å². The number of rotatable bonds is 4. The van der Waals surface area contributed by atoms with Crippen LogP contribution in [0.15, 0.2) is 29.4 Å². The van der Waals surface area contributed by atoms with Crippen molar-refractivity contribution in [2.24, 2.45) is 7.05 Å². The molecule has 2 heterocycles. The van der Waals surface area contributed by atoms with E-state index < -0.39 is 0 Å². The zero-order chi connectivity index (χ0) is 16.2. The first-order valence-corrected chi connectivity index (χ1v) is 8.69. The molecule has 23 heavy (non-hydrogen) atoms. The molecule has 1 aromatic heterocycles. The first-order chi connectivity index (χ1) is 11.1. The normalized spacial score (nSPS) is 15.0. The third-order valence-corrected chi connectivity index (χ3v) is 4.98. The van der Waals surface area contributed by atoms with Crippen molar-refractivity contribution in [2.75, 3.05) is 18.8 Å². The molecular formula is C16H19FN4OS. The van der Waals surface area contributed by atoms with Crippen LogP contribution in [0.25, 0.3) is 11.4 Å². The highest BCUT2D eigenvalue weighted by Gasteiger charge is 2.18. The van der Waals surface area contributed by atoms with Gasteiger partial charge in [-0.3, -0.25) is 4.79 Å². The number of amides is 1. The van der Waals surface area contributed by atoms with Gasteiger partial charge in [-0.05, 0) is 43.5 Å². The van der Waals surface area contributed by atoms with Crippen LogP contribution in [0.4, 0.5) is 4.39 Å². The minimum Gasteiger partial charge on any atom is -0.342 e. The van der Waals surface area contributed by atoms with E-state index >= 15 is 0 Å². The molecule has 0 unspecified atom stereocenters. The van der Waals surface area contributed by atoms with E-state index in [9.17, 15) is 9.18 Å². The number of piperidine rings is 1. The van der Waals surface area contributed by atoms with Crippen LogP contribution in [0.5, 0.6) is 0 Å². The quantitative estimate of drug-likeness (QED) is 0.807. The van der Waals surface area contributed by atoms with Gasteiger partial charge in [-0.2, -0.15) is 0 Å². The Kier molecular flexibility index (Phi) is 4.95. The fourth-order valence-electron chi connectivity index (χ4n) is 2.65. The Balaban J connectivity index is 1.65. The van der Waals surface area contributed by atoms with E-state index in [1.807, 2.05) is 16.5 Å². The number of likely N-dealkylation sites (tertiary alicyclic amines) is 1. The lowest BCUT2D eigenvalue weighted by molar-refractivity contribution is -0.129. The summed E-state index contributed by atoms with van der Waals surface area (Å²) in [6.45, 7) is 1.72.